The van der Waals surface area contributed by atoms with Crippen LogP contribution in [0.15, 0.2) is 54.6 Å². The fourth-order valence-electron chi connectivity index (χ4n) is 1.88. The van der Waals surface area contributed by atoms with E-state index in [0.717, 1.165) is 0 Å². The van der Waals surface area contributed by atoms with Crippen molar-refractivity contribution >= 4 is 0 Å². The van der Waals surface area contributed by atoms with Gasteiger partial charge in [0.05, 0.1) is 0 Å². The lowest BCUT2D eigenvalue weighted by atomic mass is 9.93. The molecule has 0 aliphatic heterocycles. The number of rotatable bonds is 3. The molecule has 2 aromatic carbocycles. The van der Waals surface area contributed by atoms with Crippen LogP contribution in [-0.4, -0.2) is 0 Å². The van der Waals surface area contributed by atoms with E-state index in [1.54, 1.807) is 0 Å². The summed E-state index contributed by atoms with van der Waals surface area (Å²) in [6.07, 6.45) is 0. The van der Waals surface area contributed by atoms with Crippen molar-refractivity contribution in [3.8, 4) is 0 Å². The highest BCUT2D eigenvalue weighted by Gasteiger charge is 2.06. The Bertz CT molecular complexity index is 431. The molecule has 0 bridgehead atoms. The lowest BCUT2D eigenvalue weighted by Gasteiger charge is -2.12. The van der Waals surface area contributed by atoms with Crippen LogP contribution >= 0.6 is 0 Å². The molecule has 82 valence electrons. The van der Waals surface area contributed by atoms with Crippen LogP contribution in [0.25, 0.3) is 0 Å². The summed E-state index contributed by atoms with van der Waals surface area (Å²) in [4.78, 5) is 0. The fraction of sp³-hybridized carbons (Fsp3) is 0.200. The van der Waals surface area contributed by atoms with Gasteiger partial charge in [-0.2, -0.15) is 0 Å². The van der Waals surface area contributed by atoms with E-state index in [4.69, 9.17) is 5.73 Å². The van der Waals surface area contributed by atoms with Gasteiger partial charge in [0.1, 0.15) is 0 Å². The Labute approximate surface area is 96.9 Å². The van der Waals surface area contributed by atoms with Crippen molar-refractivity contribution < 1.29 is 0 Å². The van der Waals surface area contributed by atoms with Crippen LogP contribution in [0, 0.1) is 0 Å². The Morgan fingerprint density at radius 1 is 0.875 bits per heavy atom. The summed E-state index contributed by atoms with van der Waals surface area (Å²) in [5.74, 6) is 0.438. The summed E-state index contributed by atoms with van der Waals surface area (Å²) in [6, 6.07) is 19.1. The van der Waals surface area contributed by atoms with E-state index >= 15 is 0 Å². The smallest absolute Gasteiger partial charge is 0.0178 e. The quantitative estimate of drug-likeness (QED) is 0.828. The molecule has 1 nitrogen and oxygen atoms in total. The third-order valence-electron chi connectivity index (χ3n) is 3.01. The maximum atomic E-state index is 5.59. The SMILES string of the molecule is CC(c1ccccc1)c1ccc(CN)cc1. The standard InChI is InChI=1S/C15H17N/c1-12(14-5-3-2-4-6-14)15-9-7-13(11-16)8-10-15/h2-10,12H,11,16H2,1H3. The molecule has 0 aliphatic carbocycles. The molecule has 16 heavy (non-hydrogen) atoms. The summed E-state index contributed by atoms with van der Waals surface area (Å²) >= 11 is 0. The predicted molar refractivity (Wildman–Crippen MR) is 68.3 cm³/mol. The summed E-state index contributed by atoms with van der Waals surface area (Å²) in [5.41, 5.74) is 9.46. The molecule has 0 amide bonds. The zero-order valence-electron chi connectivity index (χ0n) is 9.56. The van der Waals surface area contributed by atoms with Crippen LogP contribution in [0.2, 0.25) is 0 Å². The van der Waals surface area contributed by atoms with Gasteiger partial charge in [-0.1, -0.05) is 61.5 Å². The van der Waals surface area contributed by atoms with E-state index < -0.39 is 0 Å². The first-order valence-electron chi connectivity index (χ1n) is 5.65. The molecular weight excluding hydrogens is 194 g/mol. The second kappa shape index (κ2) is 4.95. The highest BCUT2D eigenvalue weighted by molar-refractivity contribution is 5.33. The average Bonchev–Trinajstić information content (AvgIpc) is 2.39. The minimum atomic E-state index is 0.438. The van der Waals surface area contributed by atoms with Crippen molar-refractivity contribution in [2.75, 3.05) is 0 Å². The van der Waals surface area contributed by atoms with Crippen LogP contribution in [0.5, 0.6) is 0 Å². The molecule has 0 fully saturated rings. The Morgan fingerprint density at radius 3 is 2.00 bits per heavy atom. The molecule has 0 spiro atoms. The first kappa shape index (κ1) is 10.9. The van der Waals surface area contributed by atoms with Crippen LogP contribution in [-0.2, 0) is 6.54 Å². The highest BCUT2D eigenvalue weighted by atomic mass is 14.5. The molecular formula is C15H17N. The molecule has 0 saturated carbocycles. The van der Waals surface area contributed by atoms with Crippen molar-refractivity contribution in [2.24, 2.45) is 5.73 Å². The van der Waals surface area contributed by atoms with Crippen LogP contribution in [0.3, 0.4) is 0 Å². The van der Waals surface area contributed by atoms with Crippen molar-refractivity contribution in [3.63, 3.8) is 0 Å². The molecule has 2 rings (SSSR count). The van der Waals surface area contributed by atoms with Crippen LogP contribution in [0.4, 0.5) is 0 Å². The van der Waals surface area contributed by atoms with E-state index in [9.17, 15) is 0 Å². The molecule has 1 unspecified atom stereocenters. The van der Waals surface area contributed by atoms with Gasteiger partial charge < -0.3 is 5.73 Å². The fourth-order valence-corrected chi connectivity index (χ4v) is 1.88. The first-order valence-corrected chi connectivity index (χ1v) is 5.65. The van der Waals surface area contributed by atoms with E-state index in [0.29, 0.717) is 12.5 Å². The van der Waals surface area contributed by atoms with E-state index in [-0.39, 0.29) is 0 Å². The van der Waals surface area contributed by atoms with Crippen LogP contribution in [0.1, 0.15) is 29.5 Å². The second-order valence-corrected chi connectivity index (χ2v) is 4.08. The second-order valence-electron chi connectivity index (χ2n) is 4.08. The topological polar surface area (TPSA) is 26.0 Å². The van der Waals surface area contributed by atoms with Crippen molar-refractivity contribution in [1.82, 2.24) is 0 Å². The molecule has 0 aromatic heterocycles. The van der Waals surface area contributed by atoms with Gasteiger partial charge in [0.25, 0.3) is 0 Å². The Morgan fingerprint density at radius 2 is 1.44 bits per heavy atom. The molecule has 1 atom stereocenters. The summed E-state index contributed by atoms with van der Waals surface area (Å²) in [5, 5.41) is 0. The Hall–Kier alpha value is -1.60. The maximum absolute atomic E-state index is 5.59. The third kappa shape index (κ3) is 2.31. The summed E-state index contributed by atoms with van der Waals surface area (Å²) in [6.45, 7) is 2.84. The van der Waals surface area contributed by atoms with E-state index in [2.05, 4.69) is 55.5 Å². The molecule has 0 aliphatic rings. The number of hydrogen-bond donors (Lipinski definition) is 1. The van der Waals surface area contributed by atoms with Gasteiger partial charge in [-0.3, -0.25) is 0 Å². The molecule has 2 aromatic rings. The zero-order chi connectivity index (χ0) is 11.4. The van der Waals surface area contributed by atoms with Crippen LogP contribution < -0.4 is 5.73 Å². The number of nitrogens with two attached hydrogens (primary N) is 1. The average molecular weight is 211 g/mol. The molecule has 1 heteroatoms. The molecule has 2 N–H and O–H groups in total. The van der Waals surface area contributed by atoms with Gasteiger partial charge in [-0.15, -0.1) is 0 Å². The number of hydrogen-bond acceptors (Lipinski definition) is 1. The normalized spacial score (nSPS) is 12.4. The summed E-state index contributed by atoms with van der Waals surface area (Å²) < 4.78 is 0. The maximum Gasteiger partial charge on any atom is 0.0178 e. The number of benzene rings is 2. The first-order chi connectivity index (χ1) is 7.81. The minimum Gasteiger partial charge on any atom is -0.326 e. The Kier molecular flexibility index (Phi) is 3.37. The molecule has 0 radical (unpaired) electrons. The lowest BCUT2D eigenvalue weighted by molar-refractivity contribution is 0.918. The lowest BCUT2D eigenvalue weighted by Crippen LogP contribution is -1.98. The van der Waals surface area contributed by atoms with Crippen molar-refractivity contribution in [1.29, 1.82) is 0 Å². The molecule has 0 heterocycles. The van der Waals surface area contributed by atoms with Crippen molar-refractivity contribution in [2.45, 2.75) is 19.4 Å². The zero-order valence-corrected chi connectivity index (χ0v) is 9.56. The minimum absolute atomic E-state index is 0.438. The van der Waals surface area contributed by atoms with Gasteiger partial charge >= 0.3 is 0 Å². The van der Waals surface area contributed by atoms with Gasteiger partial charge in [-0.25, -0.2) is 0 Å². The van der Waals surface area contributed by atoms with Crippen molar-refractivity contribution in [3.05, 3.63) is 71.3 Å². The predicted octanol–water partition coefficient (Wildman–Crippen LogP) is 3.30. The van der Waals surface area contributed by atoms with E-state index in [1.165, 1.54) is 16.7 Å². The molecule has 0 saturated heterocycles. The monoisotopic (exact) mass is 211 g/mol. The van der Waals surface area contributed by atoms with Gasteiger partial charge in [0.2, 0.25) is 0 Å². The Balaban J connectivity index is 2.24. The largest absolute Gasteiger partial charge is 0.326 e. The van der Waals surface area contributed by atoms with E-state index in [1.807, 2.05) is 6.07 Å². The van der Waals surface area contributed by atoms with Gasteiger partial charge in [0, 0.05) is 12.5 Å². The third-order valence-corrected chi connectivity index (χ3v) is 3.01. The van der Waals surface area contributed by atoms with Gasteiger partial charge in [0.15, 0.2) is 0 Å². The highest BCUT2D eigenvalue weighted by Crippen LogP contribution is 2.23. The van der Waals surface area contributed by atoms with Gasteiger partial charge in [-0.05, 0) is 16.7 Å². The summed E-state index contributed by atoms with van der Waals surface area (Å²) in [7, 11) is 0.